The topological polar surface area (TPSA) is 72.9 Å². The Hall–Kier alpha value is -2.14. The summed E-state index contributed by atoms with van der Waals surface area (Å²) in [5.74, 6) is -0.512. The number of nitrogens with zero attached hydrogens (tertiary/aromatic N) is 2. The van der Waals surface area contributed by atoms with Crippen molar-refractivity contribution in [1.29, 1.82) is 0 Å². The third-order valence-corrected chi connectivity index (χ3v) is 3.11. The molecule has 1 aromatic carbocycles. The molecule has 0 spiro atoms. The highest BCUT2D eigenvalue weighted by atomic mass is 16.1. The maximum atomic E-state index is 11.1. The van der Waals surface area contributed by atoms with E-state index in [0.29, 0.717) is 0 Å². The number of nitrogens with one attached hydrogen (secondary N) is 1. The number of nitrogens with two attached hydrogens (primary N) is 1. The summed E-state index contributed by atoms with van der Waals surface area (Å²) in [7, 11) is 0. The number of hydrogen-bond acceptors (Lipinski definition) is 3. The normalized spacial score (nSPS) is 10.7. The molecule has 0 aliphatic heterocycles. The summed E-state index contributed by atoms with van der Waals surface area (Å²) in [4.78, 5) is 11.1. The molecule has 0 saturated heterocycles. The Morgan fingerprint density at radius 1 is 1.40 bits per heavy atom. The zero-order valence-corrected chi connectivity index (χ0v) is 11.9. The van der Waals surface area contributed by atoms with E-state index in [1.807, 2.05) is 13.0 Å². The first kappa shape index (κ1) is 14.3. The fraction of sp³-hybridized carbons (Fsp3) is 0.333. The Bertz CT molecular complexity index is 604. The standard InChI is InChI=1S/C15H20N4O/c1-3-7-17-10-12-4-5-14(11(2)9-12)19-8-6-13(18-19)15(16)20/h4-6,8-9,17H,3,7,10H2,1-2H3,(H2,16,20). The highest BCUT2D eigenvalue weighted by Crippen LogP contribution is 2.15. The molecule has 106 valence electrons. The molecule has 5 nitrogen and oxygen atoms in total. The molecule has 0 aliphatic carbocycles. The van der Waals surface area contributed by atoms with Gasteiger partial charge < -0.3 is 11.1 Å². The Morgan fingerprint density at radius 2 is 2.20 bits per heavy atom. The van der Waals surface area contributed by atoms with Gasteiger partial charge in [-0.25, -0.2) is 4.68 Å². The molecule has 3 N–H and O–H groups in total. The SMILES string of the molecule is CCCNCc1ccc(-n2ccc(C(N)=O)n2)c(C)c1. The number of primary amides is 1. The van der Waals surface area contributed by atoms with Crippen LogP contribution in [0, 0.1) is 6.92 Å². The fourth-order valence-electron chi connectivity index (χ4n) is 2.08. The van der Waals surface area contributed by atoms with Gasteiger partial charge in [-0.05, 0) is 43.1 Å². The molecule has 2 rings (SSSR count). The summed E-state index contributed by atoms with van der Waals surface area (Å²) in [6.07, 6.45) is 2.87. The van der Waals surface area contributed by atoms with Crippen molar-refractivity contribution in [2.24, 2.45) is 5.73 Å². The number of amides is 1. The maximum absolute atomic E-state index is 11.1. The van der Waals surface area contributed by atoms with E-state index in [1.54, 1.807) is 16.9 Å². The second-order valence-corrected chi connectivity index (χ2v) is 4.81. The minimum atomic E-state index is -0.512. The summed E-state index contributed by atoms with van der Waals surface area (Å²) in [5, 5.41) is 7.55. The molecule has 0 atom stereocenters. The summed E-state index contributed by atoms with van der Waals surface area (Å²) in [5.41, 5.74) is 8.79. The van der Waals surface area contributed by atoms with Crippen LogP contribution in [0.3, 0.4) is 0 Å². The van der Waals surface area contributed by atoms with Gasteiger partial charge in [-0.2, -0.15) is 5.10 Å². The average Bonchev–Trinajstić information content (AvgIpc) is 2.89. The lowest BCUT2D eigenvalue weighted by Gasteiger charge is -2.09. The van der Waals surface area contributed by atoms with Crippen molar-refractivity contribution in [3.05, 3.63) is 47.3 Å². The van der Waals surface area contributed by atoms with Crippen molar-refractivity contribution >= 4 is 5.91 Å². The maximum Gasteiger partial charge on any atom is 0.269 e. The second-order valence-electron chi connectivity index (χ2n) is 4.81. The zero-order valence-electron chi connectivity index (χ0n) is 11.9. The largest absolute Gasteiger partial charge is 0.364 e. The predicted molar refractivity (Wildman–Crippen MR) is 78.8 cm³/mol. The first-order valence-electron chi connectivity index (χ1n) is 6.78. The van der Waals surface area contributed by atoms with Crippen LogP contribution in [0.2, 0.25) is 0 Å². The molecule has 2 aromatic rings. The molecule has 1 heterocycles. The summed E-state index contributed by atoms with van der Waals surface area (Å²) >= 11 is 0. The fourth-order valence-corrected chi connectivity index (χ4v) is 2.08. The molecular formula is C15H20N4O. The van der Waals surface area contributed by atoms with Gasteiger partial charge in [-0.3, -0.25) is 4.79 Å². The number of benzene rings is 1. The molecule has 0 bridgehead atoms. The van der Waals surface area contributed by atoms with E-state index in [4.69, 9.17) is 5.73 Å². The van der Waals surface area contributed by atoms with Crippen molar-refractivity contribution in [2.75, 3.05) is 6.54 Å². The molecule has 5 heteroatoms. The summed E-state index contributed by atoms with van der Waals surface area (Å²) in [6, 6.07) is 7.83. The number of carbonyl (C=O) groups excluding carboxylic acids is 1. The van der Waals surface area contributed by atoms with Crippen LogP contribution in [0.15, 0.2) is 30.5 Å². The lowest BCUT2D eigenvalue weighted by Crippen LogP contribution is -2.14. The number of rotatable bonds is 6. The molecule has 0 radical (unpaired) electrons. The Morgan fingerprint density at radius 3 is 2.80 bits per heavy atom. The van der Waals surface area contributed by atoms with Crippen LogP contribution in [0.5, 0.6) is 0 Å². The van der Waals surface area contributed by atoms with Crippen LogP contribution >= 0.6 is 0 Å². The van der Waals surface area contributed by atoms with E-state index >= 15 is 0 Å². The third kappa shape index (κ3) is 3.24. The van der Waals surface area contributed by atoms with E-state index in [2.05, 4.69) is 29.5 Å². The number of hydrogen-bond donors (Lipinski definition) is 2. The van der Waals surface area contributed by atoms with Gasteiger partial charge in [-0.15, -0.1) is 0 Å². The molecule has 0 fully saturated rings. The monoisotopic (exact) mass is 272 g/mol. The molecule has 0 aliphatic rings. The third-order valence-electron chi connectivity index (χ3n) is 3.11. The minimum Gasteiger partial charge on any atom is -0.364 e. The highest BCUT2D eigenvalue weighted by molar-refractivity contribution is 5.90. The summed E-state index contributed by atoms with van der Waals surface area (Å²) < 4.78 is 1.68. The first-order chi connectivity index (χ1) is 9.61. The van der Waals surface area contributed by atoms with Crippen LogP contribution in [-0.4, -0.2) is 22.2 Å². The van der Waals surface area contributed by atoms with Crippen LogP contribution in [-0.2, 0) is 6.54 Å². The smallest absolute Gasteiger partial charge is 0.269 e. The second kappa shape index (κ2) is 6.34. The highest BCUT2D eigenvalue weighted by Gasteiger charge is 2.08. The van der Waals surface area contributed by atoms with Crippen LogP contribution < -0.4 is 11.1 Å². The molecule has 0 saturated carbocycles. The first-order valence-corrected chi connectivity index (χ1v) is 6.78. The Labute approximate surface area is 118 Å². The quantitative estimate of drug-likeness (QED) is 0.787. The van der Waals surface area contributed by atoms with Gasteiger partial charge in [0.25, 0.3) is 5.91 Å². The van der Waals surface area contributed by atoms with E-state index < -0.39 is 5.91 Å². The van der Waals surface area contributed by atoms with E-state index in [1.165, 1.54) is 5.56 Å². The van der Waals surface area contributed by atoms with Gasteiger partial charge in [0.15, 0.2) is 0 Å². The van der Waals surface area contributed by atoms with E-state index in [-0.39, 0.29) is 5.69 Å². The molecule has 1 amide bonds. The number of aryl methyl sites for hydroxylation is 1. The molecule has 1 aromatic heterocycles. The molecular weight excluding hydrogens is 252 g/mol. The van der Waals surface area contributed by atoms with Gasteiger partial charge in [0.1, 0.15) is 5.69 Å². The Balaban J connectivity index is 2.18. The predicted octanol–water partition coefficient (Wildman–Crippen LogP) is 1.78. The van der Waals surface area contributed by atoms with E-state index in [0.717, 1.165) is 30.8 Å². The van der Waals surface area contributed by atoms with Crippen LogP contribution in [0.25, 0.3) is 5.69 Å². The lowest BCUT2D eigenvalue weighted by atomic mass is 10.1. The van der Waals surface area contributed by atoms with Crippen molar-refractivity contribution < 1.29 is 4.79 Å². The van der Waals surface area contributed by atoms with Gasteiger partial charge >= 0.3 is 0 Å². The average molecular weight is 272 g/mol. The van der Waals surface area contributed by atoms with Gasteiger partial charge in [0, 0.05) is 12.7 Å². The number of aromatic nitrogens is 2. The van der Waals surface area contributed by atoms with Gasteiger partial charge in [-0.1, -0.05) is 19.1 Å². The van der Waals surface area contributed by atoms with Crippen molar-refractivity contribution in [3.8, 4) is 5.69 Å². The van der Waals surface area contributed by atoms with Crippen molar-refractivity contribution in [2.45, 2.75) is 26.8 Å². The lowest BCUT2D eigenvalue weighted by molar-refractivity contribution is 0.0995. The van der Waals surface area contributed by atoms with Crippen molar-refractivity contribution in [3.63, 3.8) is 0 Å². The van der Waals surface area contributed by atoms with Crippen molar-refractivity contribution in [1.82, 2.24) is 15.1 Å². The summed E-state index contributed by atoms with van der Waals surface area (Å²) in [6.45, 7) is 6.06. The van der Waals surface area contributed by atoms with Gasteiger partial charge in [0.05, 0.1) is 5.69 Å². The zero-order chi connectivity index (χ0) is 14.5. The Kier molecular flexibility index (Phi) is 4.53. The van der Waals surface area contributed by atoms with Gasteiger partial charge in [0.2, 0.25) is 0 Å². The van der Waals surface area contributed by atoms with E-state index in [9.17, 15) is 4.79 Å². The molecule has 0 unspecified atom stereocenters. The van der Waals surface area contributed by atoms with Crippen LogP contribution in [0.1, 0.15) is 35.0 Å². The molecule has 20 heavy (non-hydrogen) atoms. The van der Waals surface area contributed by atoms with Crippen LogP contribution in [0.4, 0.5) is 0 Å². The minimum absolute atomic E-state index is 0.276. The number of carbonyl (C=O) groups is 1.